The average Bonchev–Trinajstić information content (AvgIpc) is 3.14. The quantitative estimate of drug-likeness (QED) is 0.718. The molecule has 2 aromatic carbocycles. The third-order valence-corrected chi connectivity index (χ3v) is 7.00. The molecule has 1 atom stereocenters. The number of fused-ring (bicyclic) bond motifs is 1. The van der Waals surface area contributed by atoms with Crippen LogP contribution in [0.5, 0.6) is 0 Å². The van der Waals surface area contributed by atoms with Crippen molar-refractivity contribution in [1.29, 1.82) is 0 Å². The number of nitrogens with zero attached hydrogens (tertiary/aromatic N) is 1. The first-order valence-electron chi connectivity index (χ1n) is 11.1. The van der Waals surface area contributed by atoms with E-state index in [0.717, 1.165) is 22.2 Å². The van der Waals surface area contributed by atoms with Crippen LogP contribution in [0.25, 0.3) is 0 Å². The van der Waals surface area contributed by atoms with E-state index in [9.17, 15) is 5.11 Å². The molecule has 1 unspecified atom stereocenters. The summed E-state index contributed by atoms with van der Waals surface area (Å²) < 4.78 is 18.5. The van der Waals surface area contributed by atoms with Gasteiger partial charge in [-0.3, -0.25) is 4.90 Å². The van der Waals surface area contributed by atoms with E-state index in [4.69, 9.17) is 14.0 Å². The first-order valence-corrected chi connectivity index (χ1v) is 11.1. The minimum Gasteiger partial charge on any atom is -0.399 e. The number of hydrogen-bond donors (Lipinski definition) is 1. The molecule has 31 heavy (non-hydrogen) atoms. The monoisotopic (exact) mass is 423 g/mol. The molecule has 6 heteroatoms. The summed E-state index contributed by atoms with van der Waals surface area (Å²) in [6.45, 7) is 14.2. The molecule has 166 valence electrons. The zero-order valence-corrected chi connectivity index (χ0v) is 19.5. The van der Waals surface area contributed by atoms with Gasteiger partial charge in [0, 0.05) is 13.1 Å². The van der Waals surface area contributed by atoms with Crippen LogP contribution in [0.2, 0.25) is 0 Å². The summed E-state index contributed by atoms with van der Waals surface area (Å²) in [5.74, 6) is 0. The third-order valence-electron chi connectivity index (χ3n) is 7.00. The minimum atomic E-state index is -0.652. The fourth-order valence-electron chi connectivity index (χ4n) is 4.17. The van der Waals surface area contributed by atoms with Crippen LogP contribution in [-0.4, -0.2) is 41.5 Å². The van der Waals surface area contributed by atoms with E-state index in [1.165, 1.54) is 0 Å². The third kappa shape index (κ3) is 4.32. The smallest absolute Gasteiger partial charge is 0.399 e. The SMILES string of the molecule is CC(C)(OCCN1Cc2ccc(B3OC(C)(C)C(C)(C)O3)cc2C1O)c1ccccc1. The number of aliphatic hydroxyl groups is 1. The van der Waals surface area contributed by atoms with Crippen LogP contribution in [0.15, 0.2) is 48.5 Å². The van der Waals surface area contributed by atoms with Gasteiger partial charge in [-0.25, -0.2) is 0 Å². The van der Waals surface area contributed by atoms with E-state index >= 15 is 0 Å². The van der Waals surface area contributed by atoms with E-state index in [-0.39, 0.29) is 16.8 Å². The molecular formula is C25H34BNO4. The summed E-state index contributed by atoms with van der Waals surface area (Å²) in [5.41, 5.74) is 3.01. The molecule has 5 nitrogen and oxygen atoms in total. The Bertz CT molecular complexity index is 912. The molecule has 2 heterocycles. The summed E-state index contributed by atoms with van der Waals surface area (Å²) in [4.78, 5) is 2.04. The number of ether oxygens (including phenoxy) is 1. The molecule has 0 saturated carbocycles. The maximum Gasteiger partial charge on any atom is 0.494 e. The van der Waals surface area contributed by atoms with E-state index in [1.54, 1.807) is 0 Å². The van der Waals surface area contributed by atoms with E-state index < -0.39 is 13.3 Å². The Kier molecular flexibility index (Phi) is 5.82. The fraction of sp³-hybridized carbons (Fsp3) is 0.520. The molecule has 0 spiro atoms. The Balaban J connectivity index is 1.39. The summed E-state index contributed by atoms with van der Waals surface area (Å²) in [6, 6.07) is 16.4. The van der Waals surface area contributed by atoms with Crippen molar-refractivity contribution in [3.05, 3.63) is 65.2 Å². The van der Waals surface area contributed by atoms with Crippen molar-refractivity contribution in [1.82, 2.24) is 4.90 Å². The molecule has 2 aliphatic rings. The highest BCUT2D eigenvalue weighted by atomic mass is 16.7. The summed E-state index contributed by atoms with van der Waals surface area (Å²) in [7, 11) is -0.424. The Morgan fingerprint density at radius 1 is 1.06 bits per heavy atom. The molecular weight excluding hydrogens is 389 g/mol. The van der Waals surface area contributed by atoms with Crippen molar-refractivity contribution in [2.24, 2.45) is 0 Å². The summed E-state index contributed by atoms with van der Waals surface area (Å²) >= 11 is 0. The number of aliphatic hydroxyl groups excluding tert-OH is 1. The fourth-order valence-corrected chi connectivity index (χ4v) is 4.17. The highest BCUT2D eigenvalue weighted by Gasteiger charge is 2.52. The second-order valence-electron chi connectivity index (χ2n) is 10.1. The van der Waals surface area contributed by atoms with Gasteiger partial charge in [-0.05, 0) is 63.7 Å². The van der Waals surface area contributed by atoms with Crippen LogP contribution in [0.1, 0.15) is 64.5 Å². The molecule has 2 aliphatic heterocycles. The van der Waals surface area contributed by atoms with Crippen molar-refractivity contribution >= 4 is 12.6 Å². The van der Waals surface area contributed by atoms with Crippen LogP contribution in [0.4, 0.5) is 0 Å². The molecule has 0 bridgehead atoms. The second kappa shape index (κ2) is 8.02. The molecule has 2 aromatic rings. The zero-order valence-electron chi connectivity index (χ0n) is 19.5. The van der Waals surface area contributed by atoms with E-state index in [1.807, 2.05) is 62.9 Å². The summed E-state index contributed by atoms with van der Waals surface area (Å²) in [5, 5.41) is 10.9. The lowest BCUT2D eigenvalue weighted by atomic mass is 9.78. The summed E-state index contributed by atoms with van der Waals surface area (Å²) in [6.07, 6.45) is -0.652. The first-order chi connectivity index (χ1) is 14.5. The molecule has 1 fully saturated rings. The molecule has 0 radical (unpaired) electrons. The predicted molar refractivity (Wildman–Crippen MR) is 123 cm³/mol. The standard InChI is InChI=1S/C25H34BNO4/c1-23(2,19-10-8-7-9-11-19)29-15-14-27-17-18-12-13-20(16-21(18)22(27)28)26-30-24(3,4)25(5,6)31-26/h7-13,16,22,28H,14-15,17H2,1-6H3. The number of hydrogen-bond acceptors (Lipinski definition) is 5. The molecule has 0 aliphatic carbocycles. The van der Waals surface area contributed by atoms with Crippen LogP contribution < -0.4 is 5.46 Å². The lowest BCUT2D eigenvalue weighted by Gasteiger charge is -2.32. The Hall–Kier alpha value is -1.70. The van der Waals surface area contributed by atoms with Gasteiger partial charge >= 0.3 is 7.12 Å². The van der Waals surface area contributed by atoms with Gasteiger partial charge < -0.3 is 19.2 Å². The Morgan fingerprint density at radius 3 is 2.35 bits per heavy atom. The van der Waals surface area contributed by atoms with Gasteiger partial charge in [-0.15, -0.1) is 0 Å². The number of benzene rings is 2. The van der Waals surface area contributed by atoms with Crippen molar-refractivity contribution in [3.8, 4) is 0 Å². The van der Waals surface area contributed by atoms with Crippen LogP contribution in [0, 0.1) is 0 Å². The van der Waals surface area contributed by atoms with Crippen LogP contribution in [-0.2, 0) is 26.2 Å². The van der Waals surface area contributed by atoms with Gasteiger partial charge in [-0.2, -0.15) is 0 Å². The highest BCUT2D eigenvalue weighted by molar-refractivity contribution is 6.62. The first kappa shape index (κ1) is 22.5. The van der Waals surface area contributed by atoms with Crippen molar-refractivity contribution in [2.45, 2.75) is 71.1 Å². The van der Waals surface area contributed by atoms with Gasteiger partial charge in [0.05, 0.1) is 23.4 Å². The van der Waals surface area contributed by atoms with Crippen molar-refractivity contribution < 1.29 is 19.2 Å². The highest BCUT2D eigenvalue weighted by Crippen LogP contribution is 2.37. The molecule has 4 rings (SSSR count). The van der Waals surface area contributed by atoms with Gasteiger partial charge in [0.15, 0.2) is 0 Å². The van der Waals surface area contributed by atoms with Gasteiger partial charge in [-0.1, -0.05) is 48.5 Å². The average molecular weight is 423 g/mol. The van der Waals surface area contributed by atoms with Gasteiger partial charge in [0.25, 0.3) is 0 Å². The molecule has 1 N–H and O–H groups in total. The Labute approximate surface area is 186 Å². The van der Waals surface area contributed by atoms with Gasteiger partial charge in [0.2, 0.25) is 0 Å². The molecule has 0 aromatic heterocycles. The van der Waals surface area contributed by atoms with Crippen molar-refractivity contribution in [2.75, 3.05) is 13.2 Å². The molecule has 0 amide bonds. The normalized spacial score (nSPS) is 22.7. The van der Waals surface area contributed by atoms with E-state index in [2.05, 4.69) is 32.0 Å². The van der Waals surface area contributed by atoms with Crippen LogP contribution in [0.3, 0.4) is 0 Å². The Morgan fingerprint density at radius 2 is 1.71 bits per heavy atom. The lowest BCUT2D eigenvalue weighted by molar-refractivity contribution is -0.0562. The second-order valence-corrected chi connectivity index (χ2v) is 10.1. The maximum atomic E-state index is 10.9. The van der Waals surface area contributed by atoms with Crippen molar-refractivity contribution in [3.63, 3.8) is 0 Å². The number of rotatable bonds is 6. The van der Waals surface area contributed by atoms with Gasteiger partial charge in [0.1, 0.15) is 6.23 Å². The zero-order chi connectivity index (χ0) is 22.4. The lowest BCUT2D eigenvalue weighted by Crippen LogP contribution is -2.41. The minimum absolute atomic E-state index is 0.372. The predicted octanol–water partition coefficient (Wildman–Crippen LogP) is 3.74. The van der Waals surface area contributed by atoms with E-state index in [0.29, 0.717) is 19.7 Å². The molecule has 1 saturated heterocycles. The largest absolute Gasteiger partial charge is 0.494 e. The maximum absolute atomic E-state index is 10.9. The van der Waals surface area contributed by atoms with Crippen LogP contribution >= 0.6 is 0 Å². The topological polar surface area (TPSA) is 51.2 Å².